The molecule has 2 fully saturated rings. The molecule has 3 N–H and O–H groups in total. The van der Waals surface area contributed by atoms with Crippen LogP contribution in [0.15, 0.2) is 0 Å². The molecule has 0 bridgehead atoms. The van der Waals surface area contributed by atoms with Crippen LogP contribution in [0.1, 0.15) is 12.8 Å². The molecule has 0 aromatic heterocycles. The minimum absolute atomic E-state index is 0.0630. The van der Waals surface area contributed by atoms with Crippen molar-refractivity contribution in [2.75, 3.05) is 52.4 Å². The number of amides is 2. The molecule has 0 radical (unpaired) electrons. The van der Waals surface area contributed by atoms with Crippen molar-refractivity contribution in [3.05, 3.63) is 0 Å². The zero-order valence-corrected chi connectivity index (χ0v) is 11.8. The lowest BCUT2D eigenvalue weighted by molar-refractivity contribution is -0.139. The Balaban J connectivity index is 1.49. The van der Waals surface area contributed by atoms with Crippen LogP contribution in [0.5, 0.6) is 0 Å². The molecule has 7 heteroatoms. The number of carbonyl (C=O) groups is 2. The average Bonchev–Trinajstić information content (AvgIpc) is 2.39. The Morgan fingerprint density at radius 2 is 1.95 bits per heavy atom. The quantitative estimate of drug-likeness (QED) is 0.567. The van der Waals surface area contributed by atoms with Crippen molar-refractivity contribution >= 4 is 12.0 Å². The van der Waals surface area contributed by atoms with E-state index in [1.165, 1.54) is 0 Å². The molecule has 2 amide bonds. The largest absolute Gasteiger partial charge is 0.481 e. The maximum Gasteiger partial charge on any atom is 0.317 e. The Morgan fingerprint density at radius 1 is 1.25 bits per heavy atom. The molecule has 2 aliphatic heterocycles. The SMILES string of the molecule is O=C(O)CC1CN(C(=O)NCCCN2CCNCC2)C1. The third-order valence-corrected chi connectivity index (χ3v) is 3.84. The van der Waals surface area contributed by atoms with Gasteiger partial charge in [0.05, 0.1) is 6.42 Å². The van der Waals surface area contributed by atoms with Gasteiger partial charge in [0.1, 0.15) is 0 Å². The fourth-order valence-corrected chi connectivity index (χ4v) is 2.66. The van der Waals surface area contributed by atoms with Gasteiger partial charge in [-0.3, -0.25) is 4.79 Å². The molecule has 2 rings (SSSR count). The van der Waals surface area contributed by atoms with Gasteiger partial charge in [0, 0.05) is 51.7 Å². The summed E-state index contributed by atoms with van der Waals surface area (Å²) in [5.41, 5.74) is 0. The third-order valence-electron chi connectivity index (χ3n) is 3.84. The molecule has 0 spiro atoms. The van der Waals surface area contributed by atoms with Crippen LogP contribution >= 0.6 is 0 Å². The lowest BCUT2D eigenvalue weighted by atomic mass is 9.97. The highest BCUT2D eigenvalue weighted by atomic mass is 16.4. The number of nitrogens with zero attached hydrogens (tertiary/aromatic N) is 2. The minimum atomic E-state index is -0.786. The first-order valence-corrected chi connectivity index (χ1v) is 7.33. The number of hydrogen-bond acceptors (Lipinski definition) is 4. The number of likely N-dealkylation sites (tertiary alicyclic amines) is 1. The number of hydrogen-bond donors (Lipinski definition) is 3. The number of urea groups is 1. The van der Waals surface area contributed by atoms with Gasteiger partial charge >= 0.3 is 12.0 Å². The number of nitrogens with one attached hydrogen (secondary N) is 2. The van der Waals surface area contributed by atoms with Crippen molar-refractivity contribution in [2.45, 2.75) is 12.8 Å². The average molecular weight is 284 g/mol. The Morgan fingerprint density at radius 3 is 2.60 bits per heavy atom. The first-order chi connectivity index (χ1) is 9.65. The van der Waals surface area contributed by atoms with Crippen molar-refractivity contribution in [3.8, 4) is 0 Å². The molecule has 0 atom stereocenters. The molecular weight excluding hydrogens is 260 g/mol. The normalized spacial score (nSPS) is 20.5. The summed E-state index contributed by atoms with van der Waals surface area (Å²) in [5, 5.41) is 14.8. The molecule has 2 aliphatic rings. The molecule has 2 heterocycles. The van der Waals surface area contributed by atoms with Crippen molar-refractivity contribution in [3.63, 3.8) is 0 Å². The van der Waals surface area contributed by atoms with Crippen LogP contribution in [0.4, 0.5) is 4.79 Å². The van der Waals surface area contributed by atoms with E-state index in [0.29, 0.717) is 19.6 Å². The summed E-state index contributed by atoms with van der Waals surface area (Å²) >= 11 is 0. The second kappa shape index (κ2) is 7.44. The van der Waals surface area contributed by atoms with Gasteiger partial charge in [-0.15, -0.1) is 0 Å². The predicted octanol–water partition coefficient (Wildman–Crippen LogP) is -0.602. The van der Waals surface area contributed by atoms with Crippen LogP contribution in [0.25, 0.3) is 0 Å². The lowest BCUT2D eigenvalue weighted by Crippen LogP contribution is -2.54. The van der Waals surface area contributed by atoms with Crippen LogP contribution in [0, 0.1) is 5.92 Å². The van der Waals surface area contributed by atoms with Gasteiger partial charge in [0.25, 0.3) is 0 Å². The second-order valence-corrected chi connectivity index (χ2v) is 5.55. The van der Waals surface area contributed by atoms with E-state index >= 15 is 0 Å². The summed E-state index contributed by atoms with van der Waals surface area (Å²) in [6.45, 7) is 7.09. The van der Waals surface area contributed by atoms with E-state index in [9.17, 15) is 9.59 Å². The van der Waals surface area contributed by atoms with Crippen LogP contribution in [0.3, 0.4) is 0 Å². The molecule has 114 valence electrons. The van der Waals surface area contributed by atoms with E-state index in [-0.39, 0.29) is 18.4 Å². The van der Waals surface area contributed by atoms with Crippen molar-refractivity contribution < 1.29 is 14.7 Å². The molecule has 0 unspecified atom stereocenters. The zero-order valence-electron chi connectivity index (χ0n) is 11.8. The Bertz CT molecular complexity index is 339. The third kappa shape index (κ3) is 4.64. The molecule has 0 aliphatic carbocycles. The minimum Gasteiger partial charge on any atom is -0.481 e. The van der Waals surface area contributed by atoms with E-state index in [0.717, 1.165) is 39.1 Å². The summed E-state index contributed by atoms with van der Waals surface area (Å²) in [6.07, 6.45) is 1.12. The summed E-state index contributed by atoms with van der Waals surface area (Å²) < 4.78 is 0. The molecule has 0 aromatic rings. The van der Waals surface area contributed by atoms with Crippen LogP contribution in [0.2, 0.25) is 0 Å². The van der Waals surface area contributed by atoms with Gasteiger partial charge in [-0.25, -0.2) is 4.79 Å². The summed E-state index contributed by atoms with van der Waals surface area (Å²) in [6, 6.07) is -0.0630. The molecule has 0 saturated carbocycles. The van der Waals surface area contributed by atoms with Gasteiger partial charge in [0.2, 0.25) is 0 Å². The van der Waals surface area contributed by atoms with Crippen LogP contribution < -0.4 is 10.6 Å². The fraction of sp³-hybridized carbons (Fsp3) is 0.846. The fourth-order valence-electron chi connectivity index (χ4n) is 2.66. The number of rotatable bonds is 6. The lowest BCUT2D eigenvalue weighted by Gasteiger charge is -2.38. The number of carboxylic acids is 1. The standard InChI is InChI=1S/C13H24N4O3/c18-12(19)8-11-9-17(10-11)13(20)15-2-1-5-16-6-3-14-4-7-16/h11,14H,1-10H2,(H,15,20)(H,18,19). The van der Waals surface area contributed by atoms with Crippen LogP contribution in [-0.4, -0.2) is 79.3 Å². The Labute approximate surface area is 119 Å². The van der Waals surface area contributed by atoms with E-state index < -0.39 is 5.97 Å². The summed E-state index contributed by atoms with van der Waals surface area (Å²) in [4.78, 5) is 26.3. The molecule has 7 nitrogen and oxygen atoms in total. The van der Waals surface area contributed by atoms with Crippen molar-refractivity contribution in [1.29, 1.82) is 0 Å². The summed E-state index contributed by atoms with van der Waals surface area (Å²) in [5.74, 6) is -0.662. The Kier molecular flexibility index (Phi) is 5.60. The first kappa shape index (κ1) is 15.1. The van der Waals surface area contributed by atoms with Gasteiger partial charge in [-0.05, 0) is 13.0 Å². The maximum atomic E-state index is 11.8. The number of aliphatic carboxylic acids is 1. The first-order valence-electron chi connectivity index (χ1n) is 7.33. The van der Waals surface area contributed by atoms with E-state index in [1.54, 1.807) is 4.90 Å². The van der Waals surface area contributed by atoms with Gasteiger partial charge < -0.3 is 25.5 Å². The smallest absolute Gasteiger partial charge is 0.317 e. The van der Waals surface area contributed by atoms with Gasteiger partial charge in [-0.2, -0.15) is 0 Å². The number of carboxylic acid groups (broad SMARTS) is 1. The van der Waals surface area contributed by atoms with E-state index in [2.05, 4.69) is 15.5 Å². The van der Waals surface area contributed by atoms with Gasteiger partial charge in [-0.1, -0.05) is 0 Å². The summed E-state index contributed by atoms with van der Waals surface area (Å²) in [7, 11) is 0. The molecule has 20 heavy (non-hydrogen) atoms. The van der Waals surface area contributed by atoms with E-state index in [1.807, 2.05) is 0 Å². The van der Waals surface area contributed by atoms with Crippen molar-refractivity contribution in [1.82, 2.24) is 20.4 Å². The number of carbonyl (C=O) groups excluding carboxylic acids is 1. The molecule has 0 aromatic carbocycles. The van der Waals surface area contributed by atoms with Gasteiger partial charge in [0.15, 0.2) is 0 Å². The zero-order chi connectivity index (χ0) is 14.4. The highest BCUT2D eigenvalue weighted by Gasteiger charge is 2.31. The van der Waals surface area contributed by atoms with Crippen LogP contribution in [-0.2, 0) is 4.79 Å². The predicted molar refractivity (Wildman–Crippen MR) is 74.6 cm³/mol. The van der Waals surface area contributed by atoms with Crippen molar-refractivity contribution in [2.24, 2.45) is 5.92 Å². The Hall–Kier alpha value is -1.34. The second-order valence-electron chi connectivity index (χ2n) is 5.55. The monoisotopic (exact) mass is 284 g/mol. The highest BCUT2D eigenvalue weighted by molar-refractivity contribution is 5.75. The molecular formula is C13H24N4O3. The topological polar surface area (TPSA) is 84.9 Å². The number of piperazine rings is 1. The highest BCUT2D eigenvalue weighted by Crippen LogP contribution is 2.18. The molecule has 2 saturated heterocycles. The maximum absolute atomic E-state index is 11.8. The van der Waals surface area contributed by atoms with E-state index in [4.69, 9.17) is 5.11 Å².